The topological polar surface area (TPSA) is 85.1 Å². The number of primary sulfonamides is 1. The van der Waals surface area contributed by atoms with Crippen molar-refractivity contribution in [1.29, 1.82) is 0 Å². The number of fused-ring (bicyclic) bond motifs is 1. The van der Waals surface area contributed by atoms with Gasteiger partial charge in [0.2, 0.25) is 10.0 Å². The summed E-state index contributed by atoms with van der Waals surface area (Å²) >= 11 is 6.67. The fourth-order valence-corrected chi connectivity index (χ4v) is 4.59. The van der Waals surface area contributed by atoms with Gasteiger partial charge in [-0.3, -0.25) is 0 Å². The van der Waals surface area contributed by atoms with Crippen LogP contribution in [0.25, 0.3) is 11.1 Å². The van der Waals surface area contributed by atoms with Crippen molar-refractivity contribution in [3.8, 4) is 22.6 Å². The van der Waals surface area contributed by atoms with E-state index in [1.165, 1.54) is 6.07 Å². The summed E-state index contributed by atoms with van der Waals surface area (Å²) in [7, 11) is 3.94. The van der Waals surface area contributed by atoms with Crippen LogP contribution in [-0.4, -0.2) is 36.6 Å². The minimum atomic E-state index is -3.93. The predicted molar refractivity (Wildman–Crippen MR) is 127 cm³/mol. The van der Waals surface area contributed by atoms with Gasteiger partial charge in [-0.1, -0.05) is 29.8 Å². The van der Waals surface area contributed by atoms with Crippen LogP contribution in [-0.2, 0) is 10.0 Å². The number of anilines is 2. The molecule has 0 radical (unpaired) electrons. The van der Waals surface area contributed by atoms with Crippen molar-refractivity contribution in [2.75, 3.05) is 38.0 Å². The number of nitrogens with two attached hydrogens (primary N) is 1. The van der Waals surface area contributed by atoms with Crippen molar-refractivity contribution in [1.82, 2.24) is 0 Å². The summed E-state index contributed by atoms with van der Waals surface area (Å²) in [4.78, 5) is 4.01. The first-order valence-corrected chi connectivity index (χ1v) is 11.8. The molecule has 7 nitrogen and oxygen atoms in total. The maximum atomic E-state index is 12.1. The highest BCUT2D eigenvalue weighted by Crippen LogP contribution is 2.50. The van der Waals surface area contributed by atoms with Gasteiger partial charge in [0.1, 0.15) is 0 Å². The Labute approximate surface area is 193 Å². The van der Waals surface area contributed by atoms with Gasteiger partial charge in [0.05, 0.1) is 9.92 Å². The van der Waals surface area contributed by atoms with E-state index >= 15 is 0 Å². The number of hydrogen-bond donors (Lipinski definition) is 1. The number of halogens is 1. The van der Waals surface area contributed by atoms with Crippen LogP contribution < -0.4 is 24.4 Å². The molecule has 0 spiro atoms. The van der Waals surface area contributed by atoms with Crippen LogP contribution in [0.15, 0.2) is 59.5 Å². The molecule has 1 unspecified atom stereocenters. The molecule has 1 aliphatic rings. The van der Waals surface area contributed by atoms with Crippen LogP contribution in [0, 0.1) is 0 Å². The molecule has 0 saturated carbocycles. The van der Waals surface area contributed by atoms with E-state index in [2.05, 4.69) is 6.07 Å². The van der Waals surface area contributed by atoms with Crippen LogP contribution in [0.4, 0.5) is 11.4 Å². The molecule has 0 amide bonds. The first-order chi connectivity index (χ1) is 15.1. The zero-order chi connectivity index (χ0) is 23.2. The second-order valence-electron chi connectivity index (χ2n) is 7.93. The fourth-order valence-electron chi connectivity index (χ4n) is 3.54. The van der Waals surface area contributed by atoms with Crippen LogP contribution in [0.2, 0.25) is 5.02 Å². The minimum absolute atomic E-state index is 0.00776. The molecule has 1 aliphatic heterocycles. The number of sulfonamides is 1. The van der Waals surface area contributed by atoms with Crippen molar-refractivity contribution in [3.63, 3.8) is 0 Å². The molecule has 0 aliphatic carbocycles. The lowest BCUT2D eigenvalue weighted by molar-refractivity contribution is 0.0488. The molecule has 3 aromatic rings. The highest BCUT2D eigenvalue weighted by molar-refractivity contribution is 7.89. The van der Waals surface area contributed by atoms with E-state index in [4.69, 9.17) is 26.2 Å². The average molecular weight is 474 g/mol. The minimum Gasteiger partial charge on any atom is -0.447 e. The van der Waals surface area contributed by atoms with E-state index < -0.39 is 16.3 Å². The standard InChI is InChI=1S/C23H24ClN3O4S/c1-26(2)15-11-14(12-16(13-15)27(3)4)23-30-19-10-9-18(21(24)22(19)31-23)17-7-5-6-8-20(17)32(25,28)29/h5-13,23H,1-4H3,(H2,25,28,29). The molecule has 9 heteroatoms. The van der Waals surface area contributed by atoms with Gasteiger partial charge in [-0.2, -0.15) is 0 Å². The molecule has 4 rings (SSSR count). The molecule has 1 atom stereocenters. The molecule has 0 fully saturated rings. The van der Waals surface area contributed by atoms with Crippen molar-refractivity contribution < 1.29 is 17.9 Å². The van der Waals surface area contributed by atoms with E-state index in [0.717, 1.165) is 16.9 Å². The number of ether oxygens (including phenoxy) is 2. The van der Waals surface area contributed by atoms with Crippen molar-refractivity contribution in [3.05, 3.63) is 65.2 Å². The zero-order valence-corrected chi connectivity index (χ0v) is 19.7. The summed E-state index contributed by atoms with van der Waals surface area (Å²) in [5, 5.41) is 5.66. The summed E-state index contributed by atoms with van der Waals surface area (Å²) in [6.45, 7) is 0. The molecule has 3 aromatic carbocycles. The monoisotopic (exact) mass is 473 g/mol. The zero-order valence-electron chi connectivity index (χ0n) is 18.2. The van der Waals surface area contributed by atoms with Gasteiger partial charge in [0.25, 0.3) is 6.29 Å². The lowest BCUT2D eigenvalue weighted by Gasteiger charge is -2.21. The van der Waals surface area contributed by atoms with Gasteiger partial charge in [-0.05, 0) is 36.4 Å². The van der Waals surface area contributed by atoms with Crippen LogP contribution in [0.5, 0.6) is 11.5 Å². The van der Waals surface area contributed by atoms with E-state index in [9.17, 15) is 8.42 Å². The number of hydrogen-bond acceptors (Lipinski definition) is 6. The van der Waals surface area contributed by atoms with Crippen molar-refractivity contribution >= 4 is 33.0 Å². The lowest BCUT2D eigenvalue weighted by atomic mass is 10.0. The Morgan fingerprint density at radius 3 is 2.09 bits per heavy atom. The van der Waals surface area contributed by atoms with Gasteiger partial charge < -0.3 is 19.3 Å². The first-order valence-electron chi connectivity index (χ1n) is 9.84. The van der Waals surface area contributed by atoms with Gasteiger partial charge in [0.15, 0.2) is 11.5 Å². The summed E-state index contributed by atoms with van der Waals surface area (Å²) in [6.07, 6.45) is -0.690. The average Bonchev–Trinajstić information content (AvgIpc) is 3.18. The Kier molecular flexibility index (Phi) is 5.70. The van der Waals surface area contributed by atoms with Crippen LogP contribution in [0.3, 0.4) is 0 Å². The molecule has 168 valence electrons. The van der Waals surface area contributed by atoms with Crippen LogP contribution in [0.1, 0.15) is 11.9 Å². The van der Waals surface area contributed by atoms with E-state index in [1.807, 2.05) is 50.1 Å². The smallest absolute Gasteiger partial charge is 0.268 e. The first kappa shape index (κ1) is 22.3. The largest absolute Gasteiger partial charge is 0.447 e. The molecule has 0 bridgehead atoms. The Bertz CT molecular complexity index is 1270. The Hall–Kier alpha value is -2.94. The molecular weight excluding hydrogens is 450 g/mol. The molecular formula is C23H24ClN3O4S. The summed E-state index contributed by atoms with van der Waals surface area (Å²) in [6, 6.07) is 15.9. The SMILES string of the molecule is CN(C)c1cc(C2Oc3ccc(-c4ccccc4S(N)(=O)=O)c(Cl)c3O2)cc(N(C)C)c1. The van der Waals surface area contributed by atoms with Crippen LogP contribution >= 0.6 is 11.6 Å². The number of benzene rings is 3. The molecule has 2 N–H and O–H groups in total. The number of nitrogens with zero attached hydrogens (tertiary/aromatic N) is 2. The predicted octanol–water partition coefficient (Wildman–Crippen LogP) is 4.26. The summed E-state index contributed by atoms with van der Waals surface area (Å²) < 4.78 is 36.3. The quantitative estimate of drug-likeness (QED) is 0.596. The van der Waals surface area contributed by atoms with Gasteiger partial charge in [-0.25, -0.2) is 13.6 Å². The molecule has 32 heavy (non-hydrogen) atoms. The molecule has 1 heterocycles. The second-order valence-corrected chi connectivity index (χ2v) is 9.84. The van der Waals surface area contributed by atoms with Crippen molar-refractivity contribution in [2.45, 2.75) is 11.2 Å². The third-order valence-electron chi connectivity index (χ3n) is 5.23. The lowest BCUT2D eigenvalue weighted by Crippen LogP contribution is -2.15. The molecule has 0 aromatic heterocycles. The third kappa shape index (κ3) is 4.09. The maximum Gasteiger partial charge on any atom is 0.268 e. The Morgan fingerprint density at radius 2 is 1.50 bits per heavy atom. The normalized spacial score (nSPS) is 15.0. The van der Waals surface area contributed by atoms with Crippen molar-refractivity contribution in [2.24, 2.45) is 5.14 Å². The van der Waals surface area contributed by atoms with Gasteiger partial charge >= 0.3 is 0 Å². The van der Waals surface area contributed by atoms with Gasteiger partial charge in [-0.15, -0.1) is 0 Å². The highest BCUT2D eigenvalue weighted by atomic mass is 35.5. The Balaban J connectivity index is 1.75. The highest BCUT2D eigenvalue weighted by Gasteiger charge is 2.31. The number of rotatable bonds is 5. The third-order valence-corrected chi connectivity index (χ3v) is 6.58. The summed E-state index contributed by atoms with van der Waals surface area (Å²) in [5.41, 5.74) is 3.74. The second kappa shape index (κ2) is 8.20. The van der Waals surface area contributed by atoms with E-state index in [0.29, 0.717) is 22.6 Å². The fraction of sp³-hybridized carbons (Fsp3) is 0.217. The summed E-state index contributed by atoms with van der Waals surface area (Å²) in [5.74, 6) is 0.846. The molecule has 0 saturated heterocycles. The maximum absolute atomic E-state index is 12.1. The van der Waals surface area contributed by atoms with E-state index in [-0.39, 0.29) is 9.92 Å². The van der Waals surface area contributed by atoms with Gasteiger partial charge in [0, 0.05) is 56.3 Å². The Morgan fingerprint density at radius 1 is 0.875 bits per heavy atom. The van der Waals surface area contributed by atoms with E-state index in [1.54, 1.807) is 30.3 Å².